The summed E-state index contributed by atoms with van der Waals surface area (Å²) >= 11 is 0. The predicted octanol–water partition coefficient (Wildman–Crippen LogP) is 2.48. The van der Waals surface area contributed by atoms with E-state index in [1.165, 1.54) is 4.90 Å². The minimum absolute atomic E-state index is 0.376. The Labute approximate surface area is 98.2 Å². The number of hydrogen-bond donors (Lipinski definition) is 0. The van der Waals surface area contributed by atoms with Crippen molar-refractivity contribution in [2.45, 2.75) is 38.8 Å². The third kappa shape index (κ3) is 4.25. The van der Waals surface area contributed by atoms with E-state index in [1.807, 2.05) is 6.92 Å². The van der Waals surface area contributed by atoms with Crippen molar-refractivity contribution in [2.75, 3.05) is 13.1 Å². The van der Waals surface area contributed by atoms with Crippen molar-refractivity contribution in [3.05, 3.63) is 0 Å². The molecule has 0 aliphatic carbocycles. The highest BCUT2D eigenvalue weighted by atomic mass is 19.4. The van der Waals surface area contributed by atoms with E-state index in [2.05, 4.69) is 6.07 Å². The van der Waals surface area contributed by atoms with Crippen molar-refractivity contribution in [1.82, 2.24) is 4.90 Å². The second kappa shape index (κ2) is 4.94. The van der Waals surface area contributed by atoms with Crippen LogP contribution in [0, 0.1) is 16.7 Å². The molecule has 0 unspecified atom stereocenters. The Morgan fingerprint density at radius 3 is 2.35 bits per heavy atom. The maximum Gasteiger partial charge on any atom is 0.389 e. The SMILES string of the molecule is CC1(C#N)CCN(C(=O)CCC(F)(F)F)CC1. The Balaban J connectivity index is 2.39. The number of hydrogen-bond acceptors (Lipinski definition) is 2. The van der Waals surface area contributed by atoms with Gasteiger partial charge in [-0.05, 0) is 19.8 Å². The number of piperidine rings is 1. The molecule has 1 fully saturated rings. The minimum atomic E-state index is -4.29. The predicted molar refractivity (Wildman–Crippen MR) is 54.8 cm³/mol. The molecule has 0 bridgehead atoms. The second-order valence-electron chi connectivity index (χ2n) is 4.67. The van der Waals surface area contributed by atoms with E-state index in [-0.39, 0.29) is 0 Å². The average molecular weight is 248 g/mol. The fraction of sp³-hybridized carbons (Fsp3) is 0.818. The monoisotopic (exact) mass is 248 g/mol. The number of carbonyl (C=O) groups is 1. The van der Waals surface area contributed by atoms with Gasteiger partial charge in [-0.1, -0.05) is 0 Å². The van der Waals surface area contributed by atoms with Gasteiger partial charge in [0.2, 0.25) is 5.91 Å². The Kier molecular flexibility index (Phi) is 4.02. The zero-order valence-electron chi connectivity index (χ0n) is 9.68. The molecule has 6 heteroatoms. The first-order chi connectivity index (χ1) is 7.76. The van der Waals surface area contributed by atoms with Crippen molar-refractivity contribution >= 4 is 5.91 Å². The number of likely N-dealkylation sites (tertiary alicyclic amines) is 1. The van der Waals surface area contributed by atoms with Crippen LogP contribution in [-0.4, -0.2) is 30.1 Å². The Morgan fingerprint density at radius 2 is 1.94 bits per heavy atom. The van der Waals surface area contributed by atoms with E-state index in [0.29, 0.717) is 25.9 Å². The summed E-state index contributed by atoms with van der Waals surface area (Å²) in [5.74, 6) is -0.470. The molecule has 1 amide bonds. The summed E-state index contributed by atoms with van der Waals surface area (Å²) in [6.45, 7) is 2.56. The molecule has 1 saturated heterocycles. The lowest BCUT2D eigenvalue weighted by Crippen LogP contribution is -2.41. The second-order valence-corrected chi connectivity index (χ2v) is 4.67. The largest absolute Gasteiger partial charge is 0.389 e. The van der Waals surface area contributed by atoms with E-state index < -0.39 is 30.3 Å². The van der Waals surface area contributed by atoms with Crippen molar-refractivity contribution in [1.29, 1.82) is 5.26 Å². The van der Waals surface area contributed by atoms with Crippen LogP contribution in [0.4, 0.5) is 13.2 Å². The summed E-state index contributed by atoms with van der Waals surface area (Å²) in [7, 11) is 0. The van der Waals surface area contributed by atoms with E-state index in [9.17, 15) is 18.0 Å². The summed E-state index contributed by atoms with van der Waals surface area (Å²) < 4.78 is 35.8. The standard InChI is InChI=1S/C11H15F3N2O/c1-10(8-15)4-6-16(7-5-10)9(17)2-3-11(12,13)14/h2-7H2,1H3. The average Bonchev–Trinajstić information content (AvgIpc) is 2.26. The lowest BCUT2D eigenvalue weighted by atomic mass is 9.82. The van der Waals surface area contributed by atoms with Crippen LogP contribution < -0.4 is 0 Å². The summed E-state index contributed by atoms with van der Waals surface area (Å²) in [5, 5.41) is 8.88. The smallest absolute Gasteiger partial charge is 0.343 e. The normalized spacial score (nSPS) is 19.8. The van der Waals surface area contributed by atoms with Crippen LogP contribution in [0.15, 0.2) is 0 Å². The molecule has 0 saturated carbocycles. The van der Waals surface area contributed by atoms with E-state index >= 15 is 0 Å². The summed E-state index contributed by atoms with van der Waals surface area (Å²) in [4.78, 5) is 12.9. The molecule has 0 spiro atoms. The van der Waals surface area contributed by atoms with Gasteiger partial charge in [0.1, 0.15) is 0 Å². The number of nitrogens with zero attached hydrogens (tertiary/aromatic N) is 2. The number of nitriles is 1. The highest BCUT2D eigenvalue weighted by molar-refractivity contribution is 5.76. The minimum Gasteiger partial charge on any atom is -0.343 e. The third-order valence-corrected chi connectivity index (χ3v) is 3.11. The van der Waals surface area contributed by atoms with Crippen LogP contribution in [0.5, 0.6) is 0 Å². The number of carbonyl (C=O) groups excluding carboxylic acids is 1. The quantitative estimate of drug-likeness (QED) is 0.753. The van der Waals surface area contributed by atoms with Gasteiger partial charge in [-0.2, -0.15) is 18.4 Å². The fourth-order valence-corrected chi connectivity index (χ4v) is 1.77. The lowest BCUT2D eigenvalue weighted by Gasteiger charge is -2.35. The zero-order chi connectivity index (χ0) is 13.1. The van der Waals surface area contributed by atoms with Gasteiger partial charge in [0, 0.05) is 19.5 Å². The van der Waals surface area contributed by atoms with Gasteiger partial charge in [0.05, 0.1) is 17.9 Å². The molecule has 96 valence electrons. The summed E-state index contributed by atoms with van der Waals surface area (Å²) in [6.07, 6.45) is -4.79. The molecule has 1 rings (SSSR count). The third-order valence-electron chi connectivity index (χ3n) is 3.11. The Hall–Kier alpha value is -1.25. The number of amides is 1. The van der Waals surface area contributed by atoms with Crippen LogP contribution in [0.1, 0.15) is 32.6 Å². The van der Waals surface area contributed by atoms with Crippen LogP contribution in [-0.2, 0) is 4.79 Å². The molecule has 0 radical (unpaired) electrons. The van der Waals surface area contributed by atoms with E-state index in [0.717, 1.165) is 0 Å². The maximum absolute atomic E-state index is 11.9. The van der Waals surface area contributed by atoms with Gasteiger partial charge in [-0.25, -0.2) is 0 Å². The molecule has 1 heterocycles. The van der Waals surface area contributed by atoms with Gasteiger partial charge < -0.3 is 4.90 Å². The topological polar surface area (TPSA) is 44.1 Å². The highest BCUT2D eigenvalue weighted by Crippen LogP contribution is 2.30. The fourth-order valence-electron chi connectivity index (χ4n) is 1.77. The number of alkyl halides is 3. The molecule has 0 aromatic carbocycles. The zero-order valence-corrected chi connectivity index (χ0v) is 9.68. The van der Waals surface area contributed by atoms with Crippen LogP contribution in [0.25, 0.3) is 0 Å². The van der Waals surface area contributed by atoms with Crippen molar-refractivity contribution in [3.8, 4) is 6.07 Å². The maximum atomic E-state index is 11.9. The van der Waals surface area contributed by atoms with Crippen molar-refractivity contribution < 1.29 is 18.0 Å². The molecule has 3 nitrogen and oxygen atoms in total. The molecule has 1 aliphatic heterocycles. The number of rotatable bonds is 2. The first kappa shape index (κ1) is 13.8. The number of halogens is 3. The molecule has 1 aliphatic rings. The Morgan fingerprint density at radius 1 is 1.41 bits per heavy atom. The van der Waals surface area contributed by atoms with Gasteiger partial charge in [0.15, 0.2) is 0 Å². The van der Waals surface area contributed by atoms with Gasteiger partial charge in [-0.15, -0.1) is 0 Å². The molecule has 0 N–H and O–H groups in total. The highest BCUT2D eigenvalue weighted by Gasteiger charge is 2.33. The van der Waals surface area contributed by atoms with Crippen LogP contribution in [0.2, 0.25) is 0 Å². The van der Waals surface area contributed by atoms with Crippen molar-refractivity contribution in [3.63, 3.8) is 0 Å². The lowest BCUT2D eigenvalue weighted by molar-refractivity contribution is -0.150. The summed E-state index contributed by atoms with van der Waals surface area (Å²) in [6, 6.07) is 2.18. The van der Waals surface area contributed by atoms with E-state index in [4.69, 9.17) is 5.26 Å². The molecule has 0 aromatic rings. The molecule has 0 aromatic heterocycles. The van der Waals surface area contributed by atoms with Gasteiger partial charge in [-0.3, -0.25) is 4.79 Å². The molecular formula is C11H15F3N2O. The van der Waals surface area contributed by atoms with Gasteiger partial charge >= 0.3 is 6.18 Å². The van der Waals surface area contributed by atoms with Crippen LogP contribution >= 0.6 is 0 Å². The van der Waals surface area contributed by atoms with Crippen LogP contribution in [0.3, 0.4) is 0 Å². The molecule has 0 atom stereocenters. The summed E-state index contributed by atoms with van der Waals surface area (Å²) in [5.41, 5.74) is -0.444. The first-order valence-electron chi connectivity index (χ1n) is 5.51. The first-order valence-corrected chi connectivity index (χ1v) is 5.51. The van der Waals surface area contributed by atoms with Gasteiger partial charge in [0.25, 0.3) is 0 Å². The molecule has 17 heavy (non-hydrogen) atoms. The molecular weight excluding hydrogens is 233 g/mol. The van der Waals surface area contributed by atoms with E-state index in [1.54, 1.807) is 0 Å². The Bertz CT molecular complexity index is 325. The van der Waals surface area contributed by atoms with Crippen molar-refractivity contribution in [2.24, 2.45) is 5.41 Å².